The van der Waals surface area contributed by atoms with E-state index >= 15 is 0 Å². The van der Waals surface area contributed by atoms with Crippen LogP contribution in [-0.2, 0) is 4.74 Å². The van der Waals surface area contributed by atoms with Crippen LogP contribution in [0.4, 0.5) is 0 Å². The van der Waals surface area contributed by atoms with E-state index in [1.807, 2.05) is 0 Å². The predicted octanol–water partition coefficient (Wildman–Crippen LogP) is 3.24. The quantitative estimate of drug-likeness (QED) is 0.641. The number of hydrogen-bond acceptors (Lipinski definition) is 3. The number of hydrogen-bond donors (Lipinski definition) is 0. The average molecular weight is 272 g/mol. The predicted molar refractivity (Wildman–Crippen MR) is 84.8 cm³/mol. The highest BCUT2D eigenvalue weighted by atomic mass is 16.5. The second-order valence-electron chi connectivity index (χ2n) is 7.13. The van der Waals surface area contributed by atoms with Gasteiger partial charge < -0.3 is 4.74 Å². The Kier molecular flexibility index (Phi) is 8.18. The van der Waals surface area contributed by atoms with E-state index in [0.29, 0.717) is 0 Å². The molecule has 0 aromatic rings. The molecule has 0 spiro atoms. The lowest BCUT2D eigenvalue weighted by molar-refractivity contribution is 0.0675. The van der Waals surface area contributed by atoms with E-state index < -0.39 is 0 Å². The first-order chi connectivity index (χ1) is 8.65. The van der Waals surface area contributed by atoms with Gasteiger partial charge in [0.25, 0.3) is 0 Å². The lowest BCUT2D eigenvalue weighted by Gasteiger charge is -2.41. The third-order valence-electron chi connectivity index (χ3n) is 4.10. The minimum atomic E-state index is 0.218. The van der Waals surface area contributed by atoms with Gasteiger partial charge in [-0.05, 0) is 61.1 Å². The van der Waals surface area contributed by atoms with Crippen LogP contribution in [0.1, 0.15) is 54.4 Å². The van der Waals surface area contributed by atoms with E-state index in [1.165, 1.54) is 19.4 Å². The van der Waals surface area contributed by atoms with Gasteiger partial charge in [0, 0.05) is 31.3 Å². The summed E-state index contributed by atoms with van der Waals surface area (Å²) in [5.41, 5.74) is 0.479. The molecular weight excluding hydrogens is 236 g/mol. The molecule has 0 atom stereocenters. The van der Waals surface area contributed by atoms with Gasteiger partial charge in [-0.25, -0.2) is 0 Å². The van der Waals surface area contributed by atoms with Gasteiger partial charge in [0.05, 0.1) is 6.61 Å². The molecule has 19 heavy (non-hydrogen) atoms. The Labute approximate surface area is 121 Å². The summed E-state index contributed by atoms with van der Waals surface area (Å²) < 4.78 is 5.17. The van der Waals surface area contributed by atoms with Gasteiger partial charge >= 0.3 is 0 Å². The van der Waals surface area contributed by atoms with Crippen molar-refractivity contribution in [2.75, 3.05) is 40.4 Å². The molecule has 0 aliphatic carbocycles. The van der Waals surface area contributed by atoms with Crippen molar-refractivity contribution >= 4 is 0 Å². The van der Waals surface area contributed by atoms with Gasteiger partial charge in [-0.1, -0.05) is 6.92 Å². The topological polar surface area (TPSA) is 15.7 Å². The molecule has 0 amide bonds. The van der Waals surface area contributed by atoms with Gasteiger partial charge in [0.15, 0.2) is 0 Å². The molecule has 0 unspecified atom stereocenters. The van der Waals surface area contributed by atoms with E-state index in [9.17, 15) is 0 Å². The zero-order valence-electron chi connectivity index (χ0n) is 14.5. The molecule has 0 bridgehead atoms. The number of rotatable bonds is 9. The first-order valence-corrected chi connectivity index (χ1v) is 7.60. The van der Waals surface area contributed by atoms with Crippen LogP contribution in [0.2, 0.25) is 0 Å². The fraction of sp³-hybridized carbons (Fsp3) is 1.00. The second kappa shape index (κ2) is 8.23. The molecule has 3 heteroatoms. The summed E-state index contributed by atoms with van der Waals surface area (Å²) in [6, 6.07) is 0. The van der Waals surface area contributed by atoms with Crippen molar-refractivity contribution in [3.8, 4) is 0 Å². The largest absolute Gasteiger partial charge is 0.383 e. The zero-order valence-corrected chi connectivity index (χ0v) is 14.5. The van der Waals surface area contributed by atoms with Crippen molar-refractivity contribution in [3.05, 3.63) is 0 Å². The molecule has 0 saturated carbocycles. The molecule has 0 aromatic carbocycles. The molecular formula is C16H36N2O. The Morgan fingerprint density at radius 2 is 1.53 bits per heavy atom. The fourth-order valence-corrected chi connectivity index (χ4v) is 2.18. The first kappa shape index (κ1) is 18.9. The van der Waals surface area contributed by atoms with Gasteiger partial charge in [-0.3, -0.25) is 9.80 Å². The first-order valence-electron chi connectivity index (χ1n) is 7.60. The van der Waals surface area contributed by atoms with Crippen molar-refractivity contribution in [2.45, 2.75) is 65.5 Å². The molecule has 0 aromatic heterocycles. The maximum absolute atomic E-state index is 5.17. The average Bonchev–Trinajstić information content (AvgIpc) is 2.29. The Bertz CT molecular complexity index is 233. The molecule has 0 saturated heterocycles. The highest BCUT2D eigenvalue weighted by Gasteiger charge is 2.27. The van der Waals surface area contributed by atoms with Crippen molar-refractivity contribution in [3.63, 3.8) is 0 Å². The molecule has 0 rings (SSSR count). The van der Waals surface area contributed by atoms with E-state index in [2.05, 4.69) is 58.4 Å². The molecule has 0 N–H and O–H groups in total. The van der Waals surface area contributed by atoms with E-state index in [1.54, 1.807) is 7.11 Å². The van der Waals surface area contributed by atoms with Crippen LogP contribution in [-0.4, -0.2) is 61.3 Å². The lowest BCUT2D eigenvalue weighted by atomic mass is 9.96. The molecule has 0 radical (unpaired) electrons. The third kappa shape index (κ3) is 7.28. The minimum Gasteiger partial charge on any atom is -0.383 e. The highest BCUT2D eigenvalue weighted by Crippen LogP contribution is 2.21. The Hall–Kier alpha value is -0.120. The summed E-state index contributed by atoms with van der Waals surface area (Å²) in [6.07, 6.45) is 2.40. The number of methoxy groups -OCH3 is 1. The van der Waals surface area contributed by atoms with E-state index in [0.717, 1.165) is 19.7 Å². The van der Waals surface area contributed by atoms with Crippen LogP contribution in [0.3, 0.4) is 0 Å². The Balaban J connectivity index is 4.40. The smallest absolute Gasteiger partial charge is 0.0589 e. The van der Waals surface area contributed by atoms with Crippen molar-refractivity contribution < 1.29 is 4.74 Å². The molecule has 116 valence electrons. The van der Waals surface area contributed by atoms with Gasteiger partial charge in [-0.2, -0.15) is 0 Å². The van der Waals surface area contributed by atoms with E-state index in [-0.39, 0.29) is 11.1 Å². The SMILES string of the molecule is CCCN(CCC(C)(C)N(C)CCOC)C(C)(C)C. The standard InChI is InChI=1S/C16H36N2O/c1-9-11-18(15(2,3)4)12-10-16(5,6)17(7)13-14-19-8/h9-14H2,1-8H3. The summed E-state index contributed by atoms with van der Waals surface area (Å²) in [4.78, 5) is 5.00. The Morgan fingerprint density at radius 1 is 0.947 bits per heavy atom. The van der Waals surface area contributed by atoms with Crippen LogP contribution in [0.5, 0.6) is 0 Å². The van der Waals surface area contributed by atoms with Gasteiger partial charge in [0.1, 0.15) is 0 Å². The Morgan fingerprint density at radius 3 is 1.95 bits per heavy atom. The van der Waals surface area contributed by atoms with E-state index in [4.69, 9.17) is 4.74 Å². The minimum absolute atomic E-state index is 0.218. The van der Waals surface area contributed by atoms with Crippen molar-refractivity contribution in [1.82, 2.24) is 9.80 Å². The number of ether oxygens (including phenoxy) is 1. The van der Waals surface area contributed by atoms with Gasteiger partial charge in [-0.15, -0.1) is 0 Å². The van der Waals surface area contributed by atoms with Crippen LogP contribution in [0.25, 0.3) is 0 Å². The van der Waals surface area contributed by atoms with Crippen LogP contribution >= 0.6 is 0 Å². The summed E-state index contributed by atoms with van der Waals surface area (Å²) in [6.45, 7) is 18.0. The van der Waals surface area contributed by atoms with Crippen molar-refractivity contribution in [2.24, 2.45) is 0 Å². The summed E-state index contributed by atoms with van der Waals surface area (Å²) in [5.74, 6) is 0. The molecule has 0 fully saturated rings. The third-order valence-corrected chi connectivity index (χ3v) is 4.10. The molecule has 0 heterocycles. The molecule has 3 nitrogen and oxygen atoms in total. The fourth-order valence-electron chi connectivity index (χ4n) is 2.18. The summed E-state index contributed by atoms with van der Waals surface area (Å²) in [7, 11) is 3.96. The van der Waals surface area contributed by atoms with Gasteiger partial charge in [0.2, 0.25) is 0 Å². The maximum atomic E-state index is 5.17. The molecule has 0 aliphatic heterocycles. The van der Waals surface area contributed by atoms with Crippen molar-refractivity contribution in [1.29, 1.82) is 0 Å². The maximum Gasteiger partial charge on any atom is 0.0589 e. The second-order valence-corrected chi connectivity index (χ2v) is 7.13. The number of likely N-dealkylation sites (N-methyl/N-ethyl adjacent to an activating group) is 1. The molecule has 0 aliphatic rings. The highest BCUT2D eigenvalue weighted by molar-refractivity contribution is 4.83. The van der Waals surface area contributed by atoms with Crippen LogP contribution < -0.4 is 0 Å². The number of nitrogens with zero attached hydrogens (tertiary/aromatic N) is 2. The monoisotopic (exact) mass is 272 g/mol. The lowest BCUT2D eigenvalue weighted by Crippen LogP contribution is -2.48. The summed E-state index contributed by atoms with van der Waals surface area (Å²) in [5, 5.41) is 0. The van der Waals surface area contributed by atoms with Crippen LogP contribution in [0.15, 0.2) is 0 Å². The zero-order chi connectivity index (χ0) is 15.1. The normalized spacial score (nSPS) is 13.6. The van der Waals surface area contributed by atoms with Crippen LogP contribution in [0, 0.1) is 0 Å². The summed E-state index contributed by atoms with van der Waals surface area (Å²) >= 11 is 0.